The Morgan fingerprint density at radius 1 is 1.69 bits per heavy atom. The molecule has 1 rings (SSSR count). The molecule has 16 heavy (non-hydrogen) atoms. The highest BCUT2D eigenvalue weighted by atomic mass is 19.1. The summed E-state index contributed by atoms with van der Waals surface area (Å²) in [5.74, 6) is 3.56. The summed E-state index contributed by atoms with van der Waals surface area (Å²) in [5.41, 5.74) is 1.95. The van der Waals surface area contributed by atoms with Crippen LogP contribution >= 0.6 is 0 Å². The van der Waals surface area contributed by atoms with Crippen molar-refractivity contribution in [2.24, 2.45) is 5.84 Å². The molecule has 0 saturated carbocycles. The van der Waals surface area contributed by atoms with Crippen LogP contribution in [0, 0.1) is 5.82 Å². The molecule has 0 spiro atoms. The molecule has 0 bridgehead atoms. The quantitative estimate of drug-likeness (QED) is 0.371. The van der Waals surface area contributed by atoms with Gasteiger partial charge >= 0.3 is 0 Å². The molecule has 1 amide bonds. The zero-order chi connectivity index (χ0) is 12.0. The summed E-state index contributed by atoms with van der Waals surface area (Å²) in [7, 11) is 1.51. The molecule has 0 aliphatic rings. The van der Waals surface area contributed by atoms with Gasteiger partial charge in [-0.15, -0.1) is 0 Å². The Balaban J connectivity index is 2.75. The lowest BCUT2D eigenvalue weighted by atomic mass is 10.2. The molecule has 7 heteroatoms. The van der Waals surface area contributed by atoms with E-state index in [9.17, 15) is 9.18 Å². The number of rotatable bonds is 5. The highest BCUT2D eigenvalue weighted by Gasteiger charge is 2.14. The van der Waals surface area contributed by atoms with E-state index in [0.717, 1.165) is 0 Å². The summed E-state index contributed by atoms with van der Waals surface area (Å²) in [6, 6.07) is 1.28. The van der Waals surface area contributed by atoms with Crippen molar-refractivity contribution in [3.05, 3.63) is 23.6 Å². The van der Waals surface area contributed by atoms with Gasteiger partial charge in [0.15, 0.2) is 11.6 Å². The van der Waals surface area contributed by atoms with Gasteiger partial charge < -0.3 is 15.5 Å². The van der Waals surface area contributed by atoms with Crippen molar-refractivity contribution < 1.29 is 13.9 Å². The highest BCUT2D eigenvalue weighted by molar-refractivity contribution is 5.95. The van der Waals surface area contributed by atoms with E-state index in [0.29, 0.717) is 13.2 Å². The normalized spacial score (nSPS) is 9.94. The number of carbonyl (C=O) groups excluding carboxylic acids is 1. The number of anilines is 1. The number of nitrogens with two attached hydrogens (primary N) is 1. The SMILES string of the molecule is COCCNC(=O)c1ccnc(NN)c1F. The van der Waals surface area contributed by atoms with Crippen molar-refractivity contribution >= 4 is 11.7 Å². The molecule has 0 atom stereocenters. The first-order chi connectivity index (χ1) is 7.70. The second-order valence-corrected chi connectivity index (χ2v) is 2.91. The van der Waals surface area contributed by atoms with Crippen molar-refractivity contribution in [2.75, 3.05) is 25.7 Å². The number of carbonyl (C=O) groups is 1. The second-order valence-electron chi connectivity index (χ2n) is 2.91. The van der Waals surface area contributed by atoms with Crippen LogP contribution < -0.4 is 16.6 Å². The first kappa shape index (κ1) is 12.3. The van der Waals surface area contributed by atoms with Gasteiger partial charge in [-0.1, -0.05) is 0 Å². The van der Waals surface area contributed by atoms with Crippen molar-refractivity contribution in [3.8, 4) is 0 Å². The Kier molecular flexibility index (Phi) is 4.62. The number of hydrogen-bond acceptors (Lipinski definition) is 5. The molecular formula is C9H13FN4O2. The van der Waals surface area contributed by atoms with Crippen LogP contribution in [0.5, 0.6) is 0 Å². The Labute approximate surface area is 92.0 Å². The van der Waals surface area contributed by atoms with E-state index >= 15 is 0 Å². The fourth-order valence-corrected chi connectivity index (χ4v) is 1.08. The van der Waals surface area contributed by atoms with Crippen LogP contribution in [0.15, 0.2) is 12.3 Å². The zero-order valence-corrected chi connectivity index (χ0v) is 8.79. The van der Waals surface area contributed by atoms with Crippen LogP contribution in [0.3, 0.4) is 0 Å². The van der Waals surface area contributed by atoms with Crippen molar-refractivity contribution in [2.45, 2.75) is 0 Å². The van der Waals surface area contributed by atoms with E-state index in [1.807, 2.05) is 0 Å². The van der Waals surface area contributed by atoms with Gasteiger partial charge in [0.1, 0.15) is 0 Å². The number of hydrazine groups is 1. The number of nitrogen functional groups attached to an aromatic ring is 1. The number of halogens is 1. The van der Waals surface area contributed by atoms with Gasteiger partial charge in [-0.25, -0.2) is 15.2 Å². The third kappa shape index (κ3) is 2.88. The lowest BCUT2D eigenvalue weighted by molar-refractivity contribution is 0.0933. The lowest BCUT2D eigenvalue weighted by Crippen LogP contribution is -2.28. The number of ether oxygens (including phenoxy) is 1. The van der Waals surface area contributed by atoms with E-state index in [1.165, 1.54) is 19.4 Å². The Morgan fingerprint density at radius 3 is 3.06 bits per heavy atom. The van der Waals surface area contributed by atoms with E-state index in [1.54, 1.807) is 0 Å². The minimum absolute atomic E-state index is 0.112. The van der Waals surface area contributed by atoms with Gasteiger partial charge in [0.05, 0.1) is 12.2 Å². The number of aromatic nitrogens is 1. The molecule has 6 nitrogen and oxygen atoms in total. The van der Waals surface area contributed by atoms with Crippen molar-refractivity contribution in [3.63, 3.8) is 0 Å². The highest BCUT2D eigenvalue weighted by Crippen LogP contribution is 2.13. The molecule has 1 aromatic rings. The van der Waals surface area contributed by atoms with Gasteiger partial charge in [-0.05, 0) is 6.07 Å². The zero-order valence-electron chi connectivity index (χ0n) is 8.79. The van der Waals surface area contributed by atoms with Gasteiger partial charge in [-0.3, -0.25) is 4.79 Å². The van der Waals surface area contributed by atoms with Gasteiger partial charge in [0.2, 0.25) is 0 Å². The molecule has 0 aliphatic heterocycles. The standard InChI is InChI=1S/C9H13FN4O2/c1-16-5-4-13-9(15)6-2-3-12-8(14-11)7(6)10/h2-3H,4-5,11H2,1H3,(H,12,14)(H,13,15). The first-order valence-corrected chi connectivity index (χ1v) is 4.59. The average Bonchev–Trinajstić information content (AvgIpc) is 2.29. The molecule has 0 unspecified atom stereocenters. The summed E-state index contributed by atoms with van der Waals surface area (Å²) >= 11 is 0. The largest absolute Gasteiger partial charge is 0.383 e. The van der Waals surface area contributed by atoms with E-state index in [4.69, 9.17) is 10.6 Å². The van der Waals surface area contributed by atoms with Crippen LogP contribution in [0.1, 0.15) is 10.4 Å². The van der Waals surface area contributed by atoms with Crippen LogP contribution in [0.4, 0.5) is 10.2 Å². The fraction of sp³-hybridized carbons (Fsp3) is 0.333. The van der Waals surface area contributed by atoms with E-state index < -0.39 is 11.7 Å². The minimum Gasteiger partial charge on any atom is -0.383 e. The summed E-state index contributed by atoms with van der Waals surface area (Å²) in [4.78, 5) is 15.1. The molecule has 1 aromatic heterocycles. The molecular weight excluding hydrogens is 215 g/mol. The Hall–Kier alpha value is -1.73. The first-order valence-electron chi connectivity index (χ1n) is 4.59. The number of methoxy groups -OCH3 is 1. The number of pyridine rings is 1. The predicted octanol–water partition coefficient (Wildman–Crippen LogP) is -0.118. The molecule has 0 fully saturated rings. The summed E-state index contributed by atoms with van der Waals surface area (Å²) < 4.78 is 18.3. The maximum atomic E-state index is 13.5. The number of nitrogens with one attached hydrogen (secondary N) is 2. The summed E-state index contributed by atoms with van der Waals surface area (Å²) in [5, 5.41) is 2.49. The summed E-state index contributed by atoms with van der Waals surface area (Å²) in [6.07, 6.45) is 1.30. The Morgan fingerprint density at radius 2 is 2.44 bits per heavy atom. The molecule has 0 radical (unpaired) electrons. The predicted molar refractivity (Wildman–Crippen MR) is 56.2 cm³/mol. The molecule has 1 heterocycles. The topological polar surface area (TPSA) is 89.3 Å². The van der Waals surface area contributed by atoms with Crippen molar-refractivity contribution in [1.29, 1.82) is 0 Å². The third-order valence-corrected chi connectivity index (χ3v) is 1.86. The molecule has 0 aromatic carbocycles. The van der Waals surface area contributed by atoms with E-state index in [2.05, 4.69) is 15.7 Å². The molecule has 0 saturated heterocycles. The molecule has 4 N–H and O–H groups in total. The van der Waals surface area contributed by atoms with Crippen LogP contribution in [0.25, 0.3) is 0 Å². The molecule has 88 valence electrons. The number of nitrogens with zero attached hydrogens (tertiary/aromatic N) is 1. The smallest absolute Gasteiger partial charge is 0.254 e. The Bertz CT molecular complexity index is 373. The minimum atomic E-state index is -0.778. The maximum absolute atomic E-state index is 13.5. The van der Waals surface area contributed by atoms with Crippen molar-refractivity contribution in [1.82, 2.24) is 10.3 Å². The van der Waals surface area contributed by atoms with Crippen LogP contribution in [-0.4, -0.2) is 31.2 Å². The summed E-state index contributed by atoms with van der Waals surface area (Å²) in [6.45, 7) is 0.670. The molecule has 0 aliphatic carbocycles. The second kappa shape index (κ2) is 5.99. The number of amides is 1. The monoisotopic (exact) mass is 228 g/mol. The van der Waals surface area contributed by atoms with Crippen LogP contribution in [0.2, 0.25) is 0 Å². The van der Waals surface area contributed by atoms with Gasteiger partial charge in [-0.2, -0.15) is 0 Å². The van der Waals surface area contributed by atoms with Crippen LogP contribution in [-0.2, 0) is 4.74 Å². The third-order valence-electron chi connectivity index (χ3n) is 1.86. The van der Waals surface area contributed by atoms with E-state index in [-0.39, 0.29) is 11.4 Å². The van der Waals surface area contributed by atoms with Gasteiger partial charge in [0, 0.05) is 19.9 Å². The number of hydrogen-bond donors (Lipinski definition) is 3. The fourth-order valence-electron chi connectivity index (χ4n) is 1.08. The van der Waals surface area contributed by atoms with Gasteiger partial charge in [0.25, 0.3) is 5.91 Å². The average molecular weight is 228 g/mol. The maximum Gasteiger partial charge on any atom is 0.254 e. The lowest BCUT2D eigenvalue weighted by Gasteiger charge is -2.07.